The molecule has 5 nitrogen and oxygen atoms in total. The molecule has 1 atom stereocenters. The Labute approximate surface area is 116 Å². The Kier molecular flexibility index (Phi) is 5.63. The number of ether oxygens (including phenoxy) is 1. The van der Waals surface area contributed by atoms with Gasteiger partial charge < -0.3 is 15.2 Å². The van der Waals surface area contributed by atoms with Gasteiger partial charge in [-0.25, -0.2) is 4.79 Å². The van der Waals surface area contributed by atoms with Crippen LogP contribution in [-0.4, -0.2) is 29.6 Å². The van der Waals surface area contributed by atoms with Crippen LogP contribution in [0.3, 0.4) is 0 Å². The lowest BCUT2D eigenvalue weighted by atomic mass is 10.2. The molecule has 2 N–H and O–H groups in total. The molecule has 1 aromatic rings. The SMILES string of the molecule is CCC(NC(=O)COc1c(C)cccc1Cl)C(=O)O. The number of carboxylic acids is 1. The minimum atomic E-state index is -1.07. The molecule has 6 heteroatoms. The smallest absolute Gasteiger partial charge is 0.326 e. The van der Waals surface area contributed by atoms with Crippen molar-refractivity contribution in [2.75, 3.05) is 6.61 Å². The number of aryl methyl sites for hydroxylation is 1. The van der Waals surface area contributed by atoms with Gasteiger partial charge in [0, 0.05) is 0 Å². The lowest BCUT2D eigenvalue weighted by Gasteiger charge is -2.14. The summed E-state index contributed by atoms with van der Waals surface area (Å²) < 4.78 is 5.32. The molecule has 19 heavy (non-hydrogen) atoms. The van der Waals surface area contributed by atoms with Crippen LogP contribution in [0.4, 0.5) is 0 Å². The maximum atomic E-state index is 11.6. The van der Waals surface area contributed by atoms with E-state index in [1.807, 2.05) is 13.0 Å². The lowest BCUT2D eigenvalue weighted by molar-refractivity contribution is -0.142. The number of benzene rings is 1. The Morgan fingerprint density at radius 1 is 1.47 bits per heavy atom. The van der Waals surface area contributed by atoms with Crippen LogP contribution in [0.1, 0.15) is 18.9 Å². The number of carbonyl (C=O) groups excluding carboxylic acids is 1. The van der Waals surface area contributed by atoms with Crippen LogP contribution in [0.5, 0.6) is 5.75 Å². The third kappa shape index (κ3) is 4.44. The van der Waals surface area contributed by atoms with Gasteiger partial charge >= 0.3 is 5.97 Å². The number of carboxylic acid groups (broad SMARTS) is 1. The van der Waals surface area contributed by atoms with Crippen molar-refractivity contribution in [3.05, 3.63) is 28.8 Å². The molecule has 0 spiro atoms. The van der Waals surface area contributed by atoms with E-state index in [2.05, 4.69) is 5.32 Å². The molecular formula is C13H16ClNO4. The Morgan fingerprint density at radius 2 is 2.16 bits per heavy atom. The van der Waals surface area contributed by atoms with E-state index < -0.39 is 17.9 Å². The first kappa shape index (κ1) is 15.3. The average molecular weight is 286 g/mol. The normalized spacial score (nSPS) is 11.7. The maximum Gasteiger partial charge on any atom is 0.326 e. The predicted octanol–water partition coefficient (Wildman–Crippen LogP) is 2.01. The van der Waals surface area contributed by atoms with Crippen LogP contribution in [0.15, 0.2) is 18.2 Å². The van der Waals surface area contributed by atoms with Gasteiger partial charge in [-0.05, 0) is 25.0 Å². The number of para-hydroxylation sites is 1. The number of hydrogen-bond donors (Lipinski definition) is 2. The van der Waals surface area contributed by atoms with Gasteiger partial charge in [-0.3, -0.25) is 4.79 Å². The Bertz CT molecular complexity index is 455. The Morgan fingerprint density at radius 3 is 2.68 bits per heavy atom. The van der Waals surface area contributed by atoms with Crippen LogP contribution in [0, 0.1) is 6.92 Å². The van der Waals surface area contributed by atoms with Gasteiger partial charge in [0.2, 0.25) is 0 Å². The van der Waals surface area contributed by atoms with Crippen molar-refractivity contribution in [1.29, 1.82) is 0 Å². The summed E-state index contributed by atoms with van der Waals surface area (Å²) in [7, 11) is 0. The van der Waals surface area contributed by atoms with Gasteiger partial charge in [-0.2, -0.15) is 0 Å². The summed E-state index contributed by atoms with van der Waals surface area (Å²) in [6.45, 7) is 3.22. The van der Waals surface area contributed by atoms with Gasteiger partial charge in [0.05, 0.1) is 5.02 Å². The van der Waals surface area contributed by atoms with E-state index in [1.165, 1.54) is 0 Å². The van der Waals surface area contributed by atoms with Crippen molar-refractivity contribution in [3.63, 3.8) is 0 Å². The highest BCUT2D eigenvalue weighted by Crippen LogP contribution is 2.27. The molecule has 0 fully saturated rings. The quantitative estimate of drug-likeness (QED) is 0.838. The van der Waals surface area contributed by atoms with Crippen molar-refractivity contribution >= 4 is 23.5 Å². The number of nitrogens with one attached hydrogen (secondary N) is 1. The number of amides is 1. The standard InChI is InChI=1S/C13H16ClNO4/c1-3-10(13(17)18)15-11(16)7-19-12-8(2)5-4-6-9(12)14/h4-6,10H,3,7H2,1-2H3,(H,15,16)(H,17,18). The maximum absolute atomic E-state index is 11.6. The van der Waals surface area contributed by atoms with Crippen LogP contribution < -0.4 is 10.1 Å². The number of halogens is 1. The van der Waals surface area contributed by atoms with E-state index >= 15 is 0 Å². The largest absolute Gasteiger partial charge is 0.482 e. The monoisotopic (exact) mass is 285 g/mol. The second kappa shape index (κ2) is 6.99. The topological polar surface area (TPSA) is 75.6 Å². The summed E-state index contributed by atoms with van der Waals surface area (Å²) >= 11 is 5.95. The highest BCUT2D eigenvalue weighted by Gasteiger charge is 2.18. The zero-order valence-corrected chi connectivity index (χ0v) is 11.5. The summed E-state index contributed by atoms with van der Waals surface area (Å²) in [5.41, 5.74) is 0.811. The van der Waals surface area contributed by atoms with Crippen molar-refractivity contribution in [2.45, 2.75) is 26.3 Å². The van der Waals surface area contributed by atoms with Crippen LogP contribution >= 0.6 is 11.6 Å². The summed E-state index contributed by atoms with van der Waals surface area (Å²) in [5.74, 6) is -1.12. The summed E-state index contributed by atoms with van der Waals surface area (Å²) in [5, 5.41) is 11.6. The molecule has 1 aromatic carbocycles. The molecule has 0 aliphatic rings. The van der Waals surface area contributed by atoms with Crippen LogP contribution in [-0.2, 0) is 9.59 Å². The molecule has 0 aromatic heterocycles. The molecule has 1 rings (SSSR count). The minimum Gasteiger partial charge on any atom is -0.482 e. The van der Waals surface area contributed by atoms with E-state index in [0.29, 0.717) is 17.2 Å². The molecule has 0 saturated heterocycles. The molecule has 0 saturated carbocycles. The first-order chi connectivity index (χ1) is 8.95. The number of hydrogen-bond acceptors (Lipinski definition) is 3. The second-order valence-electron chi connectivity index (χ2n) is 4.04. The average Bonchev–Trinajstić information content (AvgIpc) is 2.35. The molecular weight excluding hydrogens is 270 g/mol. The number of aliphatic carboxylic acids is 1. The fraction of sp³-hybridized carbons (Fsp3) is 0.385. The number of rotatable bonds is 6. The molecule has 1 unspecified atom stereocenters. The fourth-order valence-electron chi connectivity index (χ4n) is 1.51. The second-order valence-corrected chi connectivity index (χ2v) is 4.45. The van der Waals surface area contributed by atoms with E-state index in [-0.39, 0.29) is 6.61 Å². The molecule has 0 heterocycles. The van der Waals surface area contributed by atoms with Gasteiger partial charge in [-0.15, -0.1) is 0 Å². The minimum absolute atomic E-state index is 0.269. The van der Waals surface area contributed by atoms with Crippen molar-refractivity contribution < 1.29 is 19.4 Å². The molecule has 104 valence electrons. The third-order valence-electron chi connectivity index (χ3n) is 2.55. The number of carbonyl (C=O) groups is 2. The van der Waals surface area contributed by atoms with E-state index in [1.54, 1.807) is 19.1 Å². The van der Waals surface area contributed by atoms with E-state index in [4.69, 9.17) is 21.4 Å². The summed E-state index contributed by atoms with van der Waals surface area (Å²) in [6.07, 6.45) is 0.312. The third-order valence-corrected chi connectivity index (χ3v) is 2.85. The van der Waals surface area contributed by atoms with Gasteiger partial charge in [-0.1, -0.05) is 30.7 Å². The lowest BCUT2D eigenvalue weighted by Crippen LogP contribution is -2.42. The van der Waals surface area contributed by atoms with Crippen LogP contribution in [0.25, 0.3) is 0 Å². The summed E-state index contributed by atoms with van der Waals surface area (Å²) in [6, 6.07) is 4.35. The zero-order valence-electron chi connectivity index (χ0n) is 10.8. The first-order valence-corrected chi connectivity index (χ1v) is 6.23. The Hall–Kier alpha value is -1.75. The van der Waals surface area contributed by atoms with E-state index in [0.717, 1.165) is 5.56 Å². The van der Waals surface area contributed by atoms with Crippen LogP contribution in [0.2, 0.25) is 5.02 Å². The summed E-state index contributed by atoms with van der Waals surface area (Å²) in [4.78, 5) is 22.3. The van der Waals surface area contributed by atoms with Gasteiger partial charge in [0.25, 0.3) is 5.91 Å². The van der Waals surface area contributed by atoms with Crippen molar-refractivity contribution in [3.8, 4) is 5.75 Å². The highest BCUT2D eigenvalue weighted by molar-refractivity contribution is 6.32. The van der Waals surface area contributed by atoms with Gasteiger partial charge in [0.15, 0.2) is 6.61 Å². The van der Waals surface area contributed by atoms with Crippen molar-refractivity contribution in [1.82, 2.24) is 5.32 Å². The predicted molar refractivity (Wildman–Crippen MR) is 71.5 cm³/mol. The molecule has 0 aliphatic heterocycles. The molecule has 0 radical (unpaired) electrons. The zero-order chi connectivity index (χ0) is 14.4. The first-order valence-electron chi connectivity index (χ1n) is 5.85. The Balaban J connectivity index is 2.57. The molecule has 0 aliphatic carbocycles. The highest BCUT2D eigenvalue weighted by atomic mass is 35.5. The van der Waals surface area contributed by atoms with Crippen molar-refractivity contribution in [2.24, 2.45) is 0 Å². The molecule has 0 bridgehead atoms. The fourth-order valence-corrected chi connectivity index (χ4v) is 1.79. The van der Waals surface area contributed by atoms with E-state index in [9.17, 15) is 9.59 Å². The molecule has 1 amide bonds. The van der Waals surface area contributed by atoms with Gasteiger partial charge in [0.1, 0.15) is 11.8 Å².